The van der Waals surface area contributed by atoms with Crippen LogP contribution in [0.2, 0.25) is 0 Å². The van der Waals surface area contributed by atoms with Gasteiger partial charge < -0.3 is 9.64 Å². The second-order valence-corrected chi connectivity index (χ2v) is 3.98. The van der Waals surface area contributed by atoms with Gasteiger partial charge in [-0.15, -0.1) is 0 Å². The zero-order chi connectivity index (χ0) is 11.5. The van der Waals surface area contributed by atoms with E-state index in [2.05, 4.69) is 37.7 Å². The molecule has 2 aromatic rings. The monoisotopic (exact) mass is 231 g/mol. The van der Waals surface area contributed by atoms with Crippen molar-refractivity contribution in [1.29, 1.82) is 0 Å². The van der Waals surface area contributed by atoms with Gasteiger partial charge in [0, 0.05) is 18.8 Å². The smallest absolute Gasteiger partial charge is 0.361 e. The summed E-state index contributed by atoms with van der Waals surface area (Å²) in [6.07, 6.45) is 2.56. The molecule has 0 bridgehead atoms. The fourth-order valence-corrected chi connectivity index (χ4v) is 2.00. The van der Waals surface area contributed by atoms with Gasteiger partial charge in [0.15, 0.2) is 0 Å². The third-order valence-electron chi connectivity index (χ3n) is 2.84. The number of benzene rings is 1. The van der Waals surface area contributed by atoms with Crippen LogP contribution in [0.1, 0.15) is 12.8 Å². The number of tetrazole rings is 1. The van der Waals surface area contributed by atoms with Crippen molar-refractivity contribution in [3.05, 3.63) is 24.3 Å². The van der Waals surface area contributed by atoms with E-state index in [1.807, 2.05) is 12.1 Å². The maximum Gasteiger partial charge on any atom is 0.361 e. The van der Waals surface area contributed by atoms with E-state index in [-0.39, 0.29) is 6.01 Å². The summed E-state index contributed by atoms with van der Waals surface area (Å²) >= 11 is 0. The lowest BCUT2D eigenvalue weighted by atomic mass is 10.3. The van der Waals surface area contributed by atoms with E-state index in [0.29, 0.717) is 5.75 Å². The van der Waals surface area contributed by atoms with E-state index in [1.54, 1.807) is 0 Å². The maximum absolute atomic E-state index is 5.40. The molecule has 0 saturated carbocycles. The van der Waals surface area contributed by atoms with Crippen LogP contribution in [-0.4, -0.2) is 33.7 Å². The number of H-pyrrole nitrogens is 1. The minimum absolute atomic E-state index is 0.235. The highest BCUT2D eigenvalue weighted by atomic mass is 16.5. The van der Waals surface area contributed by atoms with Gasteiger partial charge in [-0.2, -0.15) is 5.21 Å². The third kappa shape index (κ3) is 2.20. The summed E-state index contributed by atoms with van der Waals surface area (Å²) in [5.74, 6) is 0.717. The van der Waals surface area contributed by atoms with Crippen molar-refractivity contribution in [1.82, 2.24) is 20.6 Å². The van der Waals surface area contributed by atoms with Crippen LogP contribution in [0.4, 0.5) is 5.69 Å². The van der Waals surface area contributed by atoms with Crippen molar-refractivity contribution >= 4 is 5.69 Å². The molecule has 3 rings (SSSR count). The minimum Gasteiger partial charge on any atom is -0.422 e. The predicted octanol–water partition coefficient (Wildman–Crippen LogP) is 1.59. The van der Waals surface area contributed by atoms with Gasteiger partial charge in [0.05, 0.1) is 0 Å². The second-order valence-electron chi connectivity index (χ2n) is 3.98. The molecule has 0 amide bonds. The van der Waals surface area contributed by atoms with Crippen molar-refractivity contribution < 1.29 is 4.74 Å². The molecule has 2 heterocycles. The lowest BCUT2D eigenvalue weighted by Crippen LogP contribution is -2.17. The van der Waals surface area contributed by atoms with Crippen LogP contribution >= 0.6 is 0 Å². The Hall–Kier alpha value is -2.11. The summed E-state index contributed by atoms with van der Waals surface area (Å²) in [6, 6.07) is 8.19. The molecular weight excluding hydrogens is 218 g/mol. The van der Waals surface area contributed by atoms with Gasteiger partial charge >= 0.3 is 6.01 Å². The molecule has 0 aliphatic carbocycles. The van der Waals surface area contributed by atoms with Crippen molar-refractivity contribution in [3.8, 4) is 11.8 Å². The number of ether oxygens (including phenoxy) is 1. The first-order chi connectivity index (χ1) is 8.42. The number of hydrogen-bond donors (Lipinski definition) is 1. The summed E-state index contributed by atoms with van der Waals surface area (Å²) < 4.78 is 5.40. The van der Waals surface area contributed by atoms with Crippen molar-refractivity contribution in [2.24, 2.45) is 0 Å². The number of rotatable bonds is 3. The first kappa shape index (κ1) is 10.1. The van der Waals surface area contributed by atoms with E-state index in [4.69, 9.17) is 4.74 Å². The zero-order valence-corrected chi connectivity index (χ0v) is 9.33. The fourth-order valence-electron chi connectivity index (χ4n) is 2.00. The minimum atomic E-state index is 0.235. The SMILES string of the molecule is c1cc(N2CCCC2)ccc1Oc1nn[nH]n1. The highest BCUT2D eigenvalue weighted by Gasteiger charge is 2.12. The Morgan fingerprint density at radius 2 is 1.88 bits per heavy atom. The van der Waals surface area contributed by atoms with Crippen LogP contribution in [0.3, 0.4) is 0 Å². The van der Waals surface area contributed by atoms with E-state index in [9.17, 15) is 0 Å². The quantitative estimate of drug-likeness (QED) is 0.868. The van der Waals surface area contributed by atoms with E-state index in [1.165, 1.54) is 18.5 Å². The van der Waals surface area contributed by atoms with Crippen LogP contribution in [-0.2, 0) is 0 Å². The molecule has 1 saturated heterocycles. The highest BCUT2D eigenvalue weighted by molar-refractivity contribution is 5.49. The lowest BCUT2D eigenvalue weighted by molar-refractivity contribution is 0.442. The first-order valence-corrected chi connectivity index (χ1v) is 5.68. The number of aromatic amines is 1. The lowest BCUT2D eigenvalue weighted by Gasteiger charge is -2.17. The first-order valence-electron chi connectivity index (χ1n) is 5.68. The Morgan fingerprint density at radius 3 is 2.53 bits per heavy atom. The average molecular weight is 231 g/mol. The van der Waals surface area contributed by atoms with E-state index >= 15 is 0 Å². The molecule has 0 radical (unpaired) electrons. The summed E-state index contributed by atoms with van der Waals surface area (Å²) in [4.78, 5) is 2.37. The van der Waals surface area contributed by atoms with Gasteiger partial charge in [0.25, 0.3) is 0 Å². The van der Waals surface area contributed by atoms with Gasteiger partial charge in [-0.05, 0) is 42.3 Å². The molecule has 0 spiro atoms. The Balaban J connectivity index is 1.71. The third-order valence-corrected chi connectivity index (χ3v) is 2.84. The number of anilines is 1. The second kappa shape index (κ2) is 4.40. The van der Waals surface area contributed by atoms with Gasteiger partial charge in [0.1, 0.15) is 5.75 Å². The standard InChI is InChI=1S/C11H13N5O/c1-2-8-16(7-1)9-3-5-10(6-4-9)17-11-12-14-15-13-11/h3-6H,1-2,7-8H2,(H,12,13,14,15). The normalized spacial score (nSPS) is 15.2. The number of nitrogens with one attached hydrogen (secondary N) is 1. The Kier molecular flexibility index (Phi) is 2.61. The van der Waals surface area contributed by atoms with Crippen molar-refractivity contribution in [3.63, 3.8) is 0 Å². The summed E-state index contributed by atoms with van der Waals surface area (Å²) in [5, 5.41) is 13.2. The molecule has 1 aromatic carbocycles. The molecule has 17 heavy (non-hydrogen) atoms. The van der Waals surface area contributed by atoms with E-state index < -0.39 is 0 Å². The summed E-state index contributed by atoms with van der Waals surface area (Å²) in [5.41, 5.74) is 1.24. The molecule has 1 aromatic heterocycles. The predicted molar refractivity (Wildman–Crippen MR) is 62.1 cm³/mol. The molecule has 1 aliphatic heterocycles. The molecule has 1 N–H and O–H groups in total. The van der Waals surface area contributed by atoms with Crippen LogP contribution < -0.4 is 9.64 Å². The maximum atomic E-state index is 5.40. The Labute approximate surface area is 98.6 Å². The molecule has 6 nitrogen and oxygen atoms in total. The van der Waals surface area contributed by atoms with Gasteiger partial charge in [-0.3, -0.25) is 0 Å². The van der Waals surface area contributed by atoms with Crippen molar-refractivity contribution in [2.75, 3.05) is 18.0 Å². The van der Waals surface area contributed by atoms with Gasteiger partial charge in [-0.1, -0.05) is 10.2 Å². The van der Waals surface area contributed by atoms with Crippen LogP contribution in [0.5, 0.6) is 11.8 Å². The van der Waals surface area contributed by atoms with Gasteiger partial charge in [-0.25, -0.2) is 0 Å². The fraction of sp³-hybridized carbons (Fsp3) is 0.364. The Morgan fingerprint density at radius 1 is 1.12 bits per heavy atom. The molecule has 1 aliphatic rings. The largest absolute Gasteiger partial charge is 0.422 e. The molecule has 88 valence electrons. The topological polar surface area (TPSA) is 66.9 Å². The van der Waals surface area contributed by atoms with Crippen LogP contribution in [0, 0.1) is 0 Å². The molecule has 1 fully saturated rings. The number of aromatic nitrogens is 4. The van der Waals surface area contributed by atoms with Crippen LogP contribution in [0.25, 0.3) is 0 Å². The molecule has 6 heteroatoms. The van der Waals surface area contributed by atoms with Crippen molar-refractivity contribution in [2.45, 2.75) is 12.8 Å². The summed E-state index contributed by atoms with van der Waals surface area (Å²) in [6.45, 7) is 2.29. The molecular formula is C11H13N5O. The molecule has 0 atom stereocenters. The highest BCUT2D eigenvalue weighted by Crippen LogP contribution is 2.24. The summed E-state index contributed by atoms with van der Waals surface area (Å²) in [7, 11) is 0. The Bertz CT molecular complexity index is 461. The zero-order valence-electron chi connectivity index (χ0n) is 9.33. The average Bonchev–Trinajstić information content (AvgIpc) is 3.01. The van der Waals surface area contributed by atoms with Gasteiger partial charge in [0.2, 0.25) is 0 Å². The van der Waals surface area contributed by atoms with E-state index in [0.717, 1.165) is 13.1 Å². The number of hydrogen-bond acceptors (Lipinski definition) is 5. The van der Waals surface area contributed by atoms with Crippen LogP contribution in [0.15, 0.2) is 24.3 Å². The molecule has 0 unspecified atom stereocenters. The number of nitrogens with zero attached hydrogens (tertiary/aromatic N) is 4.